The van der Waals surface area contributed by atoms with Crippen molar-refractivity contribution in [1.29, 1.82) is 0 Å². The minimum atomic E-state index is -1.02. The highest BCUT2D eigenvalue weighted by Crippen LogP contribution is 2.18. The van der Waals surface area contributed by atoms with Crippen molar-refractivity contribution in [3.63, 3.8) is 0 Å². The average molecular weight is 281 g/mol. The van der Waals surface area contributed by atoms with E-state index in [1.54, 1.807) is 0 Å². The number of aromatic carboxylic acids is 1. The summed E-state index contributed by atoms with van der Waals surface area (Å²) in [6, 6.07) is 3.81. The van der Waals surface area contributed by atoms with E-state index in [2.05, 4.69) is 0 Å². The van der Waals surface area contributed by atoms with E-state index in [0.29, 0.717) is 18.0 Å². The number of benzene rings is 1. The monoisotopic (exact) mass is 281 g/mol. The first kappa shape index (κ1) is 14.9. The van der Waals surface area contributed by atoms with E-state index in [1.807, 2.05) is 11.9 Å². The molecule has 1 heterocycles. The zero-order chi connectivity index (χ0) is 14.5. The summed E-state index contributed by atoms with van der Waals surface area (Å²) in [5.74, 6) is -0.954. The van der Waals surface area contributed by atoms with Gasteiger partial charge in [-0.3, -0.25) is 0 Å². The Morgan fingerprint density at radius 1 is 1.55 bits per heavy atom. The maximum Gasteiger partial charge on any atom is 0.336 e. The standard InChI is InChI=1S/C15H20FNO3/c1-17(8-11-3-2-6-20-10-11)9-12-7-13(16)4-5-14(12)15(18)19/h4-5,7,11H,2-3,6,8-10H2,1H3,(H,18,19). The minimum Gasteiger partial charge on any atom is -0.478 e. The predicted octanol–water partition coefficient (Wildman–Crippen LogP) is 2.38. The molecule has 0 spiro atoms. The first-order chi connectivity index (χ1) is 9.56. The van der Waals surface area contributed by atoms with Gasteiger partial charge in [0.2, 0.25) is 0 Å². The van der Waals surface area contributed by atoms with Crippen LogP contribution in [0.5, 0.6) is 0 Å². The van der Waals surface area contributed by atoms with Gasteiger partial charge in [0.25, 0.3) is 0 Å². The minimum absolute atomic E-state index is 0.165. The Morgan fingerprint density at radius 2 is 2.35 bits per heavy atom. The fourth-order valence-corrected chi connectivity index (χ4v) is 2.65. The Kier molecular flexibility index (Phi) is 5.09. The summed E-state index contributed by atoms with van der Waals surface area (Å²) in [6.07, 6.45) is 2.19. The molecular formula is C15H20FNO3. The lowest BCUT2D eigenvalue weighted by atomic mass is 10.0. The van der Waals surface area contributed by atoms with E-state index in [0.717, 1.165) is 32.6 Å². The van der Waals surface area contributed by atoms with Gasteiger partial charge in [0.1, 0.15) is 5.82 Å². The van der Waals surface area contributed by atoms with Crippen LogP contribution in [-0.4, -0.2) is 42.8 Å². The third-order valence-electron chi connectivity index (χ3n) is 3.56. The van der Waals surface area contributed by atoms with Crippen LogP contribution in [0.3, 0.4) is 0 Å². The first-order valence-corrected chi connectivity index (χ1v) is 6.84. The van der Waals surface area contributed by atoms with Crippen molar-refractivity contribution in [1.82, 2.24) is 4.90 Å². The van der Waals surface area contributed by atoms with Crippen molar-refractivity contribution < 1.29 is 19.0 Å². The molecule has 1 atom stereocenters. The molecular weight excluding hydrogens is 261 g/mol. The molecule has 1 aromatic carbocycles. The Balaban J connectivity index is 2.00. The molecule has 0 aromatic heterocycles. The highest BCUT2D eigenvalue weighted by Gasteiger charge is 2.18. The number of rotatable bonds is 5. The van der Waals surface area contributed by atoms with Gasteiger partial charge in [0.05, 0.1) is 12.2 Å². The van der Waals surface area contributed by atoms with Crippen LogP contribution >= 0.6 is 0 Å². The Hall–Kier alpha value is -1.46. The number of halogens is 1. The van der Waals surface area contributed by atoms with Crippen molar-refractivity contribution in [2.45, 2.75) is 19.4 Å². The molecule has 0 saturated carbocycles. The average Bonchev–Trinajstić information content (AvgIpc) is 2.39. The van der Waals surface area contributed by atoms with Gasteiger partial charge in [-0.25, -0.2) is 9.18 Å². The second-order valence-electron chi connectivity index (χ2n) is 5.39. The van der Waals surface area contributed by atoms with E-state index < -0.39 is 11.8 Å². The number of carboxylic acid groups (broad SMARTS) is 1. The zero-order valence-corrected chi connectivity index (χ0v) is 11.6. The maximum atomic E-state index is 13.3. The molecule has 2 rings (SSSR count). The zero-order valence-electron chi connectivity index (χ0n) is 11.6. The van der Waals surface area contributed by atoms with Gasteiger partial charge in [-0.05, 0) is 49.6 Å². The second kappa shape index (κ2) is 6.81. The summed E-state index contributed by atoms with van der Waals surface area (Å²) in [7, 11) is 1.92. The third-order valence-corrected chi connectivity index (χ3v) is 3.56. The van der Waals surface area contributed by atoms with Crippen molar-refractivity contribution in [3.8, 4) is 0 Å². The van der Waals surface area contributed by atoms with E-state index in [-0.39, 0.29) is 5.56 Å². The van der Waals surface area contributed by atoms with Crippen LogP contribution in [0.4, 0.5) is 4.39 Å². The molecule has 5 heteroatoms. The molecule has 20 heavy (non-hydrogen) atoms. The van der Waals surface area contributed by atoms with Gasteiger partial charge in [-0.1, -0.05) is 0 Å². The predicted molar refractivity (Wildman–Crippen MR) is 73.2 cm³/mol. The summed E-state index contributed by atoms with van der Waals surface area (Å²) in [6.45, 7) is 2.83. The number of hydrogen-bond donors (Lipinski definition) is 1. The number of hydrogen-bond acceptors (Lipinski definition) is 3. The second-order valence-corrected chi connectivity index (χ2v) is 5.39. The van der Waals surface area contributed by atoms with E-state index in [1.165, 1.54) is 18.2 Å². The molecule has 0 radical (unpaired) electrons. The van der Waals surface area contributed by atoms with Gasteiger partial charge in [0, 0.05) is 19.7 Å². The van der Waals surface area contributed by atoms with Gasteiger partial charge in [-0.15, -0.1) is 0 Å². The lowest BCUT2D eigenvalue weighted by Gasteiger charge is -2.27. The van der Waals surface area contributed by atoms with Crippen LogP contribution in [0.2, 0.25) is 0 Å². The number of ether oxygens (including phenoxy) is 1. The largest absolute Gasteiger partial charge is 0.478 e. The summed E-state index contributed by atoms with van der Waals surface area (Å²) < 4.78 is 18.7. The first-order valence-electron chi connectivity index (χ1n) is 6.84. The fraction of sp³-hybridized carbons (Fsp3) is 0.533. The highest BCUT2D eigenvalue weighted by atomic mass is 19.1. The third kappa shape index (κ3) is 4.02. The molecule has 4 nitrogen and oxygen atoms in total. The van der Waals surface area contributed by atoms with Gasteiger partial charge in [-0.2, -0.15) is 0 Å². The SMILES string of the molecule is CN(Cc1cc(F)ccc1C(=O)O)CC1CCCOC1. The van der Waals surface area contributed by atoms with Gasteiger partial charge < -0.3 is 14.7 Å². The van der Waals surface area contributed by atoms with E-state index >= 15 is 0 Å². The fourth-order valence-electron chi connectivity index (χ4n) is 2.65. The lowest BCUT2D eigenvalue weighted by molar-refractivity contribution is 0.0410. The van der Waals surface area contributed by atoms with E-state index in [4.69, 9.17) is 9.84 Å². The molecule has 0 bridgehead atoms. The van der Waals surface area contributed by atoms with Crippen molar-refractivity contribution in [2.75, 3.05) is 26.8 Å². The Morgan fingerprint density at radius 3 is 3.00 bits per heavy atom. The van der Waals surface area contributed by atoms with Gasteiger partial charge in [0.15, 0.2) is 0 Å². The van der Waals surface area contributed by atoms with E-state index in [9.17, 15) is 9.18 Å². The molecule has 1 aromatic rings. The topological polar surface area (TPSA) is 49.8 Å². The van der Waals surface area contributed by atoms with Crippen molar-refractivity contribution in [2.24, 2.45) is 5.92 Å². The van der Waals surface area contributed by atoms with Crippen LogP contribution in [0.1, 0.15) is 28.8 Å². The molecule has 1 aliphatic rings. The normalized spacial score (nSPS) is 19.2. The number of carboxylic acids is 1. The molecule has 1 N–H and O–H groups in total. The molecule has 0 amide bonds. The Bertz CT molecular complexity index is 472. The van der Waals surface area contributed by atoms with Crippen LogP contribution in [0.25, 0.3) is 0 Å². The van der Waals surface area contributed by atoms with Crippen molar-refractivity contribution >= 4 is 5.97 Å². The number of nitrogens with zero attached hydrogens (tertiary/aromatic N) is 1. The van der Waals surface area contributed by atoms with Crippen LogP contribution in [0.15, 0.2) is 18.2 Å². The van der Waals surface area contributed by atoms with Crippen LogP contribution < -0.4 is 0 Å². The smallest absolute Gasteiger partial charge is 0.336 e. The van der Waals surface area contributed by atoms with Crippen LogP contribution in [-0.2, 0) is 11.3 Å². The van der Waals surface area contributed by atoms with Gasteiger partial charge >= 0.3 is 5.97 Å². The highest BCUT2D eigenvalue weighted by molar-refractivity contribution is 5.89. The summed E-state index contributed by atoms with van der Waals surface area (Å²) in [5.41, 5.74) is 0.676. The summed E-state index contributed by atoms with van der Waals surface area (Å²) >= 11 is 0. The molecule has 1 saturated heterocycles. The maximum absolute atomic E-state index is 13.3. The molecule has 0 aliphatic carbocycles. The Labute approximate surface area is 118 Å². The summed E-state index contributed by atoms with van der Waals surface area (Å²) in [4.78, 5) is 13.2. The lowest BCUT2D eigenvalue weighted by Crippen LogP contribution is -2.31. The summed E-state index contributed by atoms with van der Waals surface area (Å²) in [5, 5.41) is 9.13. The molecule has 1 aliphatic heterocycles. The van der Waals surface area contributed by atoms with Crippen LogP contribution in [0, 0.1) is 11.7 Å². The molecule has 1 fully saturated rings. The number of carbonyl (C=O) groups is 1. The molecule has 110 valence electrons. The molecule has 1 unspecified atom stereocenters. The van der Waals surface area contributed by atoms with Crippen molar-refractivity contribution in [3.05, 3.63) is 35.1 Å². The quantitative estimate of drug-likeness (QED) is 0.900.